The van der Waals surface area contributed by atoms with E-state index in [1.807, 2.05) is 56.3 Å². The molecule has 1 heterocycles. The van der Waals surface area contributed by atoms with Gasteiger partial charge in [-0.05, 0) is 74.9 Å². The predicted octanol–water partition coefficient (Wildman–Crippen LogP) is 6.02. The molecule has 3 N–H and O–H groups in total. The zero-order valence-electron chi connectivity index (χ0n) is 20.8. The zero-order chi connectivity index (χ0) is 25.3. The Hall–Kier alpha value is -2.08. The van der Waals surface area contributed by atoms with Crippen LogP contribution in [0.25, 0.3) is 0 Å². The maximum absolute atomic E-state index is 14.1. The second kappa shape index (κ2) is 10.1. The van der Waals surface area contributed by atoms with Crippen molar-refractivity contribution in [3.63, 3.8) is 0 Å². The minimum Gasteiger partial charge on any atom is -0.350 e. The molecule has 1 aliphatic carbocycles. The third-order valence-corrected chi connectivity index (χ3v) is 8.38. The quantitative estimate of drug-likeness (QED) is 0.402. The monoisotopic (exact) mass is 515 g/mol. The summed E-state index contributed by atoms with van der Waals surface area (Å²) in [6.07, 6.45) is 6.00. The molecule has 2 amide bonds. The van der Waals surface area contributed by atoms with Gasteiger partial charge in [-0.25, -0.2) is 0 Å². The molecule has 35 heavy (non-hydrogen) atoms. The summed E-state index contributed by atoms with van der Waals surface area (Å²) in [5.41, 5.74) is 0.871. The predicted molar refractivity (Wildman–Crippen MR) is 143 cm³/mol. The second-order valence-corrected chi connectivity index (χ2v) is 11.5. The molecule has 0 aromatic heterocycles. The van der Waals surface area contributed by atoms with E-state index < -0.39 is 11.0 Å². The van der Waals surface area contributed by atoms with Crippen molar-refractivity contribution in [2.24, 2.45) is 0 Å². The van der Waals surface area contributed by atoms with Gasteiger partial charge in [-0.3, -0.25) is 9.59 Å². The Bertz CT molecular complexity index is 1110. The van der Waals surface area contributed by atoms with Gasteiger partial charge in [0.15, 0.2) is 0 Å². The van der Waals surface area contributed by atoms with Gasteiger partial charge in [-0.15, -0.1) is 0 Å². The fourth-order valence-corrected chi connectivity index (χ4v) is 6.17. The number of halogens is 2. The van der Waals surface area contributed by atoms with Crippen LogP contribution in [0.3, 0.4) is 0 Å². The van der Waals surface area contributed by atoms with Crippen molar-refractivity contribution in [2.45, 2.75) is 82.2 Å². The summed E-state index contributed by atoms with van der Waals surface area (Å²) in [7, 11) is 0. The van der Waals surface area contributed by atoms with Crippen LogP contribution in [-0.4, -0.2) is 29.4 Å². The van der Waals surface area contributed by atoms with E-state index in [0.29, 0.717) is 16.5 Å². The number of hydrogen-bond donors (Lipinski definition) is 3. The topological polar surface area (TPSA) is 70.2 Å². The first kappa shape index (κ1) is 26.0. The highest BCUT2D eigenvalue weighted by molar-refractivity contribution is 6.31. The number of hydrogen-bond acceptors (Lipinski definition) is 3. The maximum Gasteiger partial charge on any atom is 0.237 e. The van der Waals surface area contributed by atoms with Gasteiger partial charge in [0, 0.05) is 26.8 Å². The van der Waals surface area contributed by atoms with E-state index in [2.05, 4.69) is 22.9 Å². The van der Waals surface area contributed by atoms with Gasteiger partial charge in [-0.2, -0.15) is 0 Å². The molecule has 5 nitrogen and oxygen atoms in total. The fraction of sp³-hybridized carbons (Fsp3) is 0.500. The smallest absolute Gasteiger partial charge is 0.237 e. The highest BCUT2D eigenvalue weighted by atomic mass is 35.5. The zero-order valence-corrected chi connectivity index (χ0v) is 22.3. The van der Waals surface area contributed by atoms with Crippen LogP contribution in [0, 0.1) is 0 Å². The first-order valence-electron chi connectivity index (χ1n) is 12.5. The van der Waals surface area contributed by atoms with Crippen LogP contribution in [0.4, 0.5) is 5.69 Å². The van der Waals surface area contributed by atoms with Gasteiger partial charge < -0.3 is 16.0 Å². The average molecular weight is 517 g/mol. The first-order chi connectivity index (χ1) is 16.6. The van der Waals surface area contributed by atoms with Crippen molar-refractivity contribution in [2.75, 3.05) is 11.9 Å². The molecule has 2 aromatic rings. The van der Waals surface area contributed by atoms with Gasteiger partial charge in [-0.1, -0.05) is 67.6 Å². The summed E-state index contributed by atoms with van der Waals surface area (Å²) < 4.78 is 0. The molecule has 7 heteroatoms. The van der Waals surface area contributed by atoms with Crippen LogP contribution in [0.1, 0.15) is 70.4 Å². The number of rotatable bonds is 8. The molecule has 2 aliphatic rings. The largest absolute Gasteiger partial charge is 0.350 e. The molecular formula is C28H35Cl2N3O2. The Balaban J connectivity index is 1.79. The third kappa shape index (κ3) is 5.09. The lowest BCUT2D eigenvalue weighted by molar-refractivity contribution is -0.127. The molecule has 1 fully saturated rings. The summed E-state index contributed by atoms with van der Waals surface area (Å²) in [4.78, 5) is 27.0. The maximum atomic E-state index is 14.1. The third-order valence-electron chi connectivity index (χ3n) is 7.91. The lowest BCUT2D eigenvalue weighted by Gasteiger charge is -2.50. The van der Waals surface area contributed by atoms with Crippen molar-refractivity contribution in [3.8, 4) is 0 Å². The fourth-order valence-electron chi connectivity index (χ4n) is 5.79. The van der Waals surface area contributed by atoms with Crippen LogP contribution in [0.15, 0.2) is 42.5 Å². The van der Waals surface area contributed by atoms with E-state index in [1.165, 1.54) is 0 Å². The van der Waals surface area contributed by atoms with Crippen LogP contribution < -0.4 is 16.0 Å². The van der Waals surface area contributed by atoms with Gasteiger partial charge in [0.25, 0.3) is 0 Å². The molecule has 1 atom stereocenters. The molecule has 0 radical (unpaired) electrons. The van der Waals surface area contributed by atoms with E-state index >= 15 is 0 Å². The van der Waals surface area contributed by atoms with Crippen molar-refractivity contribution in [3.05, 3.63) is 63.6 Å². The van der Waals surface area contributed by atoms with Crippen LogP contribution in [0.2, 0.25) is 10.0 Å². The number of fused-ring (bicyclic) bond motifs is 1. The van der Waals surface area contributed by atoms with Crippen molar-refractivity contribution >= 4 is 40.7 Å². The SMILES string of the molecule is CCC(C)(C)NC(=O)CNC1(C2(Cc3cccc(Cl)c3)C(=O)Nc3cc(Cl)ccc32)CCCCC1. The van der Waals surface area contributed by atoms with Gasteiger partial charge >= 0.3 is 0 Å². The van der Waals surface area contributed by atoms with Gasteiger partial charge in [0.1, 0.15) is 0 Å². The molecule has 188 valence electrons. The Labute approximate surface area is 218 Å². The summed E-state index contributed by atoms with van der Waals surface area (Å²) in [5, 5.41) is 11.1. The van der Waals surface area contributed by atoms with Gasteiger partial charge in [0.05, 0.1) is 12.0 Å². The first-order valence-corrected chi connectivity index (χ1v) is 13.3. The van der Waals surface area contributed by atoms with E-state index in [9.17, 15) is 9.59 Å². The van der Waals surface area contributed by atoms with E-state index in [-0.39, 0.29) is 23.9 Å². The minimum absolute atomic E-state index is 0.0570. The molecule has 4 rings (SSSR count). The van der Waals surface area contributed by atoms with E-state index in [4.69, 9.17) is 23.2 Å². The molecule has 1 aliphatic heterocycles. The lowest BCUT2D eigenvalue weighted by Crippen LogP contribution is -2.67. The number of anilines is 1. The number of carbonyl (C=O) groups is 2. The average Bonchev–Trinajstić information content (AvgIpc) is 3.09. The minimum atomic E-state index is -0.904. The van der Waals surface area contributed by atoms with Gasteiger partial charge in [0.2, 0.25) is 11.8 Å². The molecule has 1 unspecified atom stereocenters. The highest BCUT2D eigenvalue weighted by Crippen LogP contribution is 2.53. The van der Waals surface area contributed by atoms with E-state index in [1.54, 1.807) is 0 Å². The molecule has 0 spiro atoms. The van der Waals surface area contributed by atoms with Crippen molar-refractivity contribution in [1.82, 2.24) is 10.6 Å². The summed E-state index contributed by atoms with van der Waals surface area (Å²) >= 11 is 12.7. The summed E-state index contributed by atoms with van der Waals surface area (Å²) in [5.74, 6) is -0.118. The number of nitrogens with one attached hydrogen (secondary N) is 3. The summed E-state index contributed by atoms with van der Waals surface area (Å²) in [6, 6.07) is 13.3. The molecule has 0 saturated heterocycles. The van der Waals surface area contributed by atoms with E-state index in [0.717, 1.165) is 55.3 Å². The highest BCUT2D eigenvalue weighted by Gasteiger charge is 2.60. The Kier molecular flexibility index (Phi) is 7.51. The van der Waals surface area contributed by atoms with Crippen molar-refractivity contribution in [1.29, 1.82) is 0 Å². The summed E-state index contributed by atoms with van der Waals surface area (Å²) in [6.45, 7) is 6.25. The van der Waals surface area contributed by atoms with Crippen LogP contribution >= 0.6 is 23.2 Å². The Morgan fingerprint density at radius 2 is 1.77 bits per heavy atom. The standard InChI is InChI=1S/C28H35Cl2N3O2/c1-4-26(2,3)33-24(34)18-31-27(13-6-5-7-14-27)28(17-19-9-8-10-20(29)15-19)22-12-11-21(30)16-23(22)32-25(28)35/h8-12,15-16,31H,4-7,13-14,17-18H2,1-3H3,(H,32,35)(H,33,34). The molecule has 1 saturated carbocycles. The van der Waals surface area contributed by atoms with Crippen LogP contribution in [-0.2, 0) is 21.4 Å². The lowest BCUT2D eigenvalue weighted by atomic mass is 9.57. The second-order valence-electron chi connectivity index (χ2n) is 10.6. The van der Waals surface area contributed by atoms with Crippen LogP contribution in [0.5, 0.6) is 0 Å². The molecular weight excluding hydrogens is 481 g/mol. The normalized spacial score (nSPS) is 21.3. The Morgan fingerprint density at radius 1 is 1.06 bits per heavy atom. The molecule has 0 bridgehead atoms. The number of carbonyl (C=O) groups excluding carboxylic acids is 2. The Morgan fingerprint density at radius 3 is 2.46 bits per heavy atom. The number of amides is 2. The molecule has 2 aromatic carbocycles. The van der Waals surface area contributed by atoms with Crippen molar-refractivity contribution < 1.29 is 9.59 Å². The number of benzene rings is 2.